The van der Waals surface area contributed by atoms with Crippen LogP contribution in [0.1, 0.15) is 31.0 Å². The first-order valence-corrected chi connectivity index (χ1v) is 10.9. The summed E-state index contributed by atoms with van der Waals surface area (Å²) in [5, 5.41) is 23.0. The molecule has 5 rings (SSSR count). The summed E-state index contributed by atoms with van der Waals surface area (Å²) in [6.45, 7) is 1.97. The number of ether oxygens (including phenoxy) is 2. The molecule has 0 bridgehead atoms. The van der Waals surface area contributed by atoms with Crippen LogP contribution < -0.4 is 14.8 Å². The fourth-order valence-electron chi connectivity index (χ4n) is 4.45. The van der Waals surface area contributed by atoms with Crippen LogP contribution >= 0.6 is 0 Å². The number of aromatic nitrogens is 1. The first kappa shape index (κ1) is 21.7. The summed E-state index contributed by atoms with van der Waals surface area (Å²) in [5.41, 5.74) is 2.34. The minimum atomic E-state index is -3.70. The molecule has 9 heteroatoms. The predicted molar refractivity (Wildman–Crippen MR) is 117 cm³/mol. The molecule has 0 saturated heterocycles. The maximum atomic E-state index is 13.3. The van der Waals surface area contributed by atoms with E-state index in [1.807, 2.05) is 29.7 Å². The zero-order chi connectivity index (χ0) is 23.4. The van der Waals surface area contributed by atoms with Gasteiger partial charge < -0.3 is 29.6 Å². The van der Waals surface area contributed by atoms with Crippen molar-refractivity contribution in [1.29, 1.82) is 0 Å². The molecule has 2 aliphatic rings. The van der Waals surface area contributed by atoms with E-state index in [9.17, 15) is 23.8 Å². The first-order chi connectivity index (χ1) is 15.7. The lowest BCUT2D eigenvalue weighted by atomic mass is 9.94. The average Bonchev–Trinajstić information content (AvgIpc) is 3.44. The van der Waals surface area contributed by atoms with E-state index in [4.69, 9.17) is 0 Å². The number of anilines is 1. The molecule has 1 atom stereocenters. The Balaban J connectivity index is 1.38. The summed E-state index contributed by atoms with van der Waals surface area (Å²) in [4.78, 5) is 13.2. The normalized spacial score (nSPS) is 18.3. The number of carbonyl (C=O) groups excluding carboxylic acids is 1. The number of rotatable bonds is 7. The van der Waals surface area contributed by atoms with Crippen molar-refractivity contribution in [2.75, 3.05) is 11.9 Å². The number of halogens is 2. The summed E-state index contributed by atoms with van der Waals surface area (Å²) >= 11 is 0. The lowest BCUT2D eigenvalue weighted by molar-refractivity contribution is -0.286. The standard InChI is InChI=1S/C24H24F2N2O5/c1-2-17-10-14-9-16(4-5-19(14)28(17)12-18(30)13-29)27-22(31)23(7-8-23)15-3-6-20-21(11-15)33-24(25,26)32-20/h3-6,9-11,18,29-30H,2,7-8,12-13H2,1H3,(H,27,31)/t18-/m0/s1. The van der Waals surface area contributed by atoms with Crippen molar-refractivity contribution in [3.63, 3.8) is 0 Å². The molecule has 0 radical (unpaired) electrons. The molecule has 1 amide bonds. The minimum absolute atomic E-state index is 0.0482. The third kappa shape index (κ3) is 3.81. The third-order valence-corrected chi connectivity index (χ3v) is 6.35. The van der Waals surface area contributed by atoms with Crippen molar-refractivity contribution in [3.05, 3.63) is 53.7 Å². The van der Waals surface area contributed by atoms with Gasteiger partial charge in [0.1, 0.15) is 0 Å². The van der Waals surface area contributed by atoms with Gasteiger partial charge in [0.2, 0.25) is 5.91 Å². The number of nitrogens with one attached hydrogen (secondary N) is 1. The number of aliphatic hydroxyl groups is 2. The number of carbonyl (C=O) groups is 1. The Labute approximate surface area is 188 Å². The molecule has 3 N–H and O–H groups in total. The van der Waals surface area contributed by atoms with Crippen LogP contribution in [0.3, 0.4) is 0 Å². The number of benzene rings is 2. The monoisotopic (exact) mass is 458 g/mol. The summed E-state index contributed by atoms with van der Waals surface area (Å²) in [6, 6.07) is 12.0. The second-order valence-electron chi connectivity index (χ2n) is 8.58. The molecule has 7 nitrogen and oxygen atoms in total. The van der Waals surface area contributed by atoms with Crippen LogP contribution in [0.25, 0.3) is 10.9 Å². The Bertz CT molecular complexity index is 1240. The summed E-state index contributed by atoms with van der Waals surface area (Å²) in [6.07, 6.45) is -2.60. The third-order valence-electron chi connectivity index (χ3n) is 6.35. The number of amides is 1. The SMILES string of the molecule is CCc1cc2cc(NC(=O)C3(c4ccc5c(c4)OC(F)(F)O5)CC3)ccc2n1C[C@H](O)CO. The van der Waals surface area contributed by atoms with Crippen LogP contribution in [0.4, 0.5) is 14.5 Å². The molecule has 1 aliphatic heterocycles. The van der Waals surface area contributed by atoms with E-state index < -0.39 is 17.8 Å². The van der Waals surface area contributed by atoms with Gasteiger partial charge in [-0.25, -0.2) is 0 Å². The Morgan fingerprint density at radius 1 is 1.15 bits per heavy atom. The van der Waals surface area contributed by atoms with Gasteiger partial charge in [-0.1, -0.05) is 13.0 Å². The maximum absolute atomic E-state index is 13.3. The molecule has 1 aliphatic carbocycles. The highest BCUT2D eigenvalue weighted by molar-refractivity contribution is 6.02. The molecule has 2 heterocycles. The van der Waals surface area contributed by atoms with Crippen LogP contribution in [-0.4, -0.2) is 39.7 Å². The minimum Gasteiger partial charge on any atom is -0.395 e. The highest BCUT2D eigenvalue weighted by atomic mass is 19.3. The molecule has 33 heavy (non-hydrogen) atoms. The van der Waals surface area contributed by atoms with Gasteiger partial charge in [-0.2, -0.15) is 0 Å². The van der Waals surface area contributed by atoms with E-state index in [2.05, 4.69) is 14.8 Å². The lowest BCUT2D eigenvalue weighted by Crippen LogP contribution is -2.28. The zero-order valence-electron chi connectivity index (χ0n) is 18.0. The predicted octanol–water partition coefficient (Wildman–Crippen LogP) is 3.55. The van der Waals surface area contributed by atoms with Gasteiger partial charge in [0.05, 0.1) is 24.7 Å². The van der Waals surface area contributed by atoms with E-state index >= 15 is 0 Å². The summed E-state index contributed by atoms with van der Waals surface area (Å²) in [5.74, 6) is -0.331. The van der Waals surface area contributed by atoms with E-state index in [0.717, 1.165) is 23.0 Å². The average molecular weight is 458 g/mol. The molecule has 3 aromatic rings. The topological polar surface area (TPSA) is 93.0 Å². The molecular weight excluding hydrogens is 434 g/mol. The van der Waals surface area contributed by atoms with Gasteiger partial charge in [0.15, 0.2) is 11.5 Å². The van der Waals surface area contributed by atoms with Crippen molar-refractivity contribution in [3.8, 4) is 11.5 Å². The Morgan fingerprint density at radius 3 is 2.61 bits per heavy atom. The van der Waals surface area contributed by atoms with E-state index in [0.29, 0.717) is 24.1 Å². The fraction of sp³-hybridized carbons (Fsp3) is 0.375. The van der Waals surface area contributed by atoms with Crippen molar-refractivity contribution >= 4 is 22.5 Å². The molecule has 174 valence electrons. The Kier molecular flexibility index (Phi) is 5.06. The van der Waals surface area contributed by atoms with Crippen molar-refractivity contribution in [2.45, 2.75) is 50.5 Å². The molecule has 1 aromatic heterocycles. The quantitative estimate of drug-likeness (QED) is 0.504. The number of hydrogen-bond acceptors (Lipinski definition) is 5. The first-order valence-electron chi connectivity index (χ1n) is 10.9. The van der Waals surface area contributed by atoms with Crippen molar-refractivity contribution in [2.24, 2.45) is 0 Å². The molecule has 1 saturated carbocycles. The van der Waals surface area contributed by atoms with Gasteiger partial charge in [0.25, 0.3) is 0 Å². The summed E-state index contributed by atoms with van der Waals surface area (Å²) < 4.78 is 37.6. The second-order valence-corrected chi connectivity index (χ2v) is 8.58. The van der Waals surface area contributed by atoms with Crippen LogP contribution in [-0.2, 0) is 23.2 Å². The van der Waals surface area contributed by atoms with Gasteiger partial charge in [-0.15, -0.1) is 8.78 Å². The Morgan fingerprint density at radius 2 is 1.91 bits per heavy atom. The molecule has 0 unspecified atom stereocenters. The van der Waals surface area contributed by atoms with Crippen molar-refractivity contribution < 1.29 is 33.3 Å². The van der Waals surface area contributed by atoms with Crippen LogP contribution in [0, 0.1) is 0 Å². The largest absolute Gasteiger partial charge is 0.586 e. The van der Waals surface area contributed by atoms with Gasteiger partial charge >= 0.3 is 6.29 Å². The number of fused-ring (bicyclic) bond motifs is 2. The lowest BCUT2D eigenvalue weighted by Gasteiger charge is -2.17. The van der Waals surface area contributed by atoms with Crippen molar-refractivity contribution in [1.82, 2.24) is 4.57 Å². The zero-order valence-corrected chi connectivity index (χ0v) is 18.0. The maximum Gasteiger partial charge on any atom is 0.586 e. The van der Waals surface area contributed by atoms with E-state index in [-0.39, 0.29) is 30.6 Å². The van der Waals surface area contributed by atoms with Crippen LogP contribution in [0.2, 0.25) is 0 Å². The highest BCUT2D eigenvalue weighted by Gasteiger charge is 2.52. The highest BCUT2D eigenvalue weighted by Crippen LogP contribution is 2.52. The molecule has 2 aromatic carbocycles. The molecular formula is C24H24F2N2O5. The van der Waals surface area contributed by atoms with Gasteiger partial charge in [-0.3, -0.25) is 4.79 Å². The van der Waals surface area contributed by atoms with Gasteiger partial charge in [0, 0.05) is 22.3 Å². The van der Waals surface area contributed by atoms with Gasteiger partial charge in [-0.05, 0) is 61.2 Å². The van der Waals surface area contributed by atoms with E-state index in [1.54, 1.807) is 12.1 Å². The number of alkyl halides is 2. The number of nitrogens with zero attached hydrogens (tertiary/aromatic N) is 1. The second kappa shape index (κ2) is 7.71. The number of aryl methyl sites for hydroxylation is 1. The molecule has 1 fully saturated rings. The van der Waals surface area contributed by atoms with E-state index in [1.165, 1.54) is 12.1 Å². The summed E-state index contributed by atoms with van der Waals surface area (Å²) in [7, 11) is 0. The Hall–Kier alpha value is -3.17. The van der Waals surface area contributed by atoms with Crippen LogP contribution in [0.5, 0.6) is 11.5 Å². The number of hydrogen-bond donors (Lipinski definition) is 3. The number of aliphatic hydroxyl groups excluding tert-OH is 2. The fourth-order valence-corrected chi connectivity index (χ4v) is 4.45. The van der Waals surface area contributed by atoms with Crippen LogP contribution in [0.15, 0.2) is 42.5 Å². The smallest absolute Gasteiger partial charge is 0.395 e. The molecule has 0 spiro atoms.